The zero-order valence-electron chi connectivity index (χ0n) is 11.1. The molecule has 1 rings (SSSR count). The molecule has 7 heteroatoms. The molecule has 0 saturated carbocycles. The number of nitrogens with zero attached hydrogens (tertiary/aromatic N) is 1. The highest BCUT2D eigenvalue weighted by atomic mass is 35.5. The second-order valence-electron chi connectivity index (χ2n) is 4.48. The van der Waals surface area contributed by atoms with Crippen LogP contribution in [0.2, 0.25) is 5.02 Å². The van der Waals surface area contributed by atoms with Gasteiger partial charge in [-0.05, 0) is 44.8 Å². The highest BCUT2D eigenvalue weighted by molar-refractivity contribution is 7.89. The van der Waals surface area contributed by atoms with E-state index in [0.29, 0.717) is 18.5 Å². The number of sulfonamides is 1. The van der Waals surface area contributed by atoms with Crippen LogP contribution in [0.15, 0.2) is 23.1 Å². The molecule has 19 heavy (non-hydrogen) atoms. The van der Waals surface area contributed by atoms with Crippen LogP contribution in [-0.2, 0) is 16.6 Å². The molecule has 0 unspecified atom stereocenters. The maximum Gasteiger partial charge on any atom is 0.242 e. The highest BCUT2D eigenvalue weighted by Gasteiger charge is 2.17. The van der Waals surface area contributed by atoms with Crippen LogP contribution >= 0.6 is 11.6 Å². The molecule has 0 aromatic heterocycles. The van der Waals surface area contributed by atoms with Gasteiger partial charge in [0, 0.05) is 6.54 Å². The van der Waals surface area contributed by atoms with Crippen LogP contribution in [-0.4, -0.2) is 45.6 Å². The van der Waals surface area contributed by atoms with Crippen LogP contribution in [0.4, 0.5) is 0 Å². The monoisotopic (exact) mass is 306 g/mol. The lowest BCUT2D eigenvalue weighted by molar-refractivity contribution is 0.281. The molecule has 0 spiro atoms. The summed E-state index contributed by atoms with van der Waals surface area (Å²) in [5.41, 5.74) is 0.512. The molecule has 0 aliphatic heterocycles. The van der Waals surface area contributed by atoms with Crippen molar-refractivity contribution >= 4 is 21.6 Å². The van der Waals surface area contributed by atoms with E-state index in [2.05, 4.69) is 4.72 Å². The van der Waals surface area contributed by atoms with Gasteiger partial charge in [0.25, 0.3) is 0 Å². The number of aliphatic hydroxyl groups excluding tert-OH is 1. The van der Waals surface area contributed by atoms with E-state index in [1.54, 1.807) is 6.07 Å². The first-order valence-corrected chi connectivity index (χ1v) is 7.76. The van der Waals surface area contributed by atoms with Crippen molar-refractivity contribution in [2.75, 3.05) is 27.2 Å². The third-order valence-corrected chi connectivity index (χ3v) is 4.48. The van der Waals surface area contributed by atoms with E-state index in [-0.39, 0.29) is 16.5 Å². The standard InChI is InChI=1S/C12H19ClN2O3S/c1-15(2)7-3-6-14-19(17,18)12-8-10(9-16)4-5-11(12)13/h4-5,8,14,16H,3,6-7,9H2,1-2H3. The van der Waals surface area contributed by atoms with Crippen LogP contribution in [0.3, 0.4) is 0 Å². The Labute approximate surface area is 119 Å². The Morgan fingerprint density at radius 3 is 2.63 bits per heavy atom. The first-order chi connectivity index (χ1) is 8.86. The lowest BCUT2D eigenvalue weighted by atomic mass is 10.2. The highest BCUT2D eigenvalue weighted by Crippen LogP contribution is 2.22. The Kier molecular flexibility index (Phi) is 6.22. The number of benzene rings is 1. The summed E-state index contributed by atoms with van der Waals surface area (Å²) in [6.07, 6.45) is 0.712. The summed E-state index contributed by atoms with van der Waals surface area (Å²) in [5, 5.41) is 9.18. The molecule has 1 aromatic rings. The molecule has 0 heterocycles. The van der Waals surface area contributed by atoms with E-state index in [1.165, 1.54) is 12.1 Å². The Hall–Kier alpha value is -0.660. The number of halogens is 1. The molecule has 1 aromatic carbocycles. The van der Waals surface area contributed by atoms with Crippen molar-refractivity contribution in [3.8, 4) is 0 Å². The van der Waals surface area contributed by atoms with Gasteiger partial charge in [-0.15, -0.1) is 0 Å². The van der Waals surface area contributed by atoms with Gasteiger partial charge in [-0.25, -0.2) is 13.1 Å². The van der Waals surface area contributed by atoms with Gasteiger partial charge < -0.3 is 10.0 Å². The number of aliphatic hydroxyl groups is 1. The van der Waals surface area contributed by atoms with Gasteiger partial charge in [-0.1, -0.05) is 17.7 Å². The van der Waals surface area contributed by atoms with Crippen LogP contribution in [0.1, 0.15) is 12.0 Å². The molecule has 0 aliphatic rings. The van der Waals surface area contributed by atoms with E-state index in [0.717, 1.165) is 6.54 Å². The lowest BCUT2D eigenvalue weighted by Crippen LogP contribution is -2.27. The fourth-order valence-electron chi connectivity index (χ4n) is 1.53. The minimum absolute atomic E-state index is 0.00516. The molecule has 2 N–H and O–H groups in total. The van der Waals surface area contributed by atoms with Crippen molar-refractivity contribution in [2.45, 2.75) is 17.9 Å². The van der Waals surface area contributed by atoms with E-state index >= 15 is 0 Å². The Morgan fingerprint density at radius 2 is 2.05 bits per heavy atom. The van der Waals surface area contributed by atoms with E-state index in [4.69, 9.17) is 16.7 Å². The molecular weight excluding hydrogens is 288 g/mol. The summed E-state index contributed by atoms with van der Waals surface area (Å²) in [7, 11) is 0.220. The largest absolute Gasteiger partial charge is 0.392 e. The zero-order chi connectivity index (χ0) is 14.5. The summed E-state index contributed by atoms with van der Waals surface area (Å²) in [6.45, 7) is 0.924. The van der Waals surface area contributed by atoms with E-state index < -0.39 is 10.0 Å². The van der Waals surface area contributed by atoms with Gasteiger partial charge in [0.15, 0.2) is 0 Å². The second-order valence-corrected chi connectivity index (χ2v) is 6.62. The summed E-state index contributed by atoms with van der Waals surface area (Å²) in [5.74, 6) is 0. The molecule has 0 aliphatic carbocycles. The Balaban J connectivity index is 2.77. The molecule has 0 atom stereocenters. The molecule has 5 nitrogen and oxygen atoms in total. The van der Waals surface area contributed by atoms with Crippen molar-refractivity contribution in [2.24, 2.45) is 0 Å². The smallest absolute Gasteiger partial charge is 0.242 e. The van der Waals surface area contributed by atoms with Gasteiger partial charge >= 0.3 is 0 Å². The summed E-state index contributed by atoms with van der Waals surface area (Å²) >= 11 is 5.89. The van der Waals surface area contributed by atoms with Gasteiger partial charge in [-0.3, -0.25) is 0 Å². The van der Waals surface area contributed by atoms with Gasteiger partial charge in [0.05, 0.1) is 11.6 Å². The minimum Gasteiger partial charge on any atom is -0.392 e. The summed E-state index contributed by atoms with van der Waals surface area (Å²) in [4.78, 5) is 1.98. The van der Waals surface area contributed by atoms with Crippen molar-refractivity contribution in [3.63, 3.8) is 0 Å². The molecule has 108 valence electrons. The molecule has 0 bridgehead atoms. The van der Waals surface area contributed by atoms with Gasteiger partial charge in [0.2, 0.25) is 10.0 Å². The van der Waals surface area contributed by atoms with Crippen LogP contribution in [0, 0.1) is 0 Å². The second kappa shape index (κ2) is 7.21. The summed E-state index contributed by atoms with van der Waals surface area (Å²) in [6, 6.07) is 4.45. The van der Waals surface area contributed by atoms with Crippen LogP contribution in [0.5, 0.6) is 0 Å². The normalized spacial score (nSPS) is 12.1. The predicted octanol–water partition coefficient (Wildman–Crippen LogP) is 1.06. The van der Waals surface area contributed by atoms with Crippen molar-refractivity contribution in [1.82, 2.24) is 9.62 Å². The lowest BCUT2D eigenvalue weighted by Gasteiger charge is -2.11. The first-order valence-electron chi connectivity index (χ1n) is 5.90. The van der Waals surface area contributed by atoms with Crippen LogP contribution < -0.4 is 4.72 Å². The average Bonchev–Trinajstić information content (AvgIpc) is 2.35. The molecule has 0 radical (unpaired) electrons. The number of nitrogens with one attached hydrogen (secondary N) is 1. The SMILES string of the molecule is CN(C)CCCNS(=O)(=O)c1cc(CO)ccc1Cl. The first kappa shape index (κ1) is 16.4. The molecule has 0 saturated heterocycles. The third-order valence-electron chi connectivity index (χ3n) is 2.54. The number of hydrogen-bond donors (Lipinski definition) is 2. The van der Waals surface area contributed by atoms with Gasteiger partial charge in [-0.2, -0.15) is 0 Å². The van der Waals surface area contributed by atoms with E-state index in [1.807, 2.05) is 19.0 Å². The van der Waals surface area contributed by atoms with Crippen molar-refractivity contribution in [1.29, 1.82) is 0 Å². The average molecular weight is 307 g/mol. The zero-order valence-corrected chi connectivity index (χ0v) is 12.6. The minimum atomic E-state index is -3.63. The molecular formula is C12H19ClN2O3S. The third kappa shape index (κ3) is 5.08. The summed E-state index contributed by atoms with van der Waals surface area (Å²) < 4.78 is 26.7. The molecule has 0 fully saturated rings. The van der Waals surface area contributed by atoms with Gasteiger partial charge in [0.1, 0.15) is 4.90 Å². The fourth-order valence-corrected chi connectivity index (χ4v) is 3.15. The Morgan fingerprint density at radius 1 is 1.37 bits per heavy atom. The number of rotatable bonds is 7. The van der Waals surface area contributed by atoms with Crippen molar-refractivity contribution in [3.05, 3.63) is 28.8 Å². The Bertz CT molecular complexity index is 518. The van der Waals surface area contributed by atoms with Crippen LogP contribution in [0.25, 0.3) is 0 Å². The number of hydrogen-bond acceptors (Lipinski definition) is 4. The predicted molar refractivity (Wildman–Crippen MR) is 75.7 cm³/mol. The van der Waals surface area contributed by atoms with E-state index in [9.17, 15) is 8.42 Å². The molecule has 0 amide bonds. The fraction of sp³-hybridized carbons (Fsp3) is 0.500. The maximum absolute atomic E-state index is 12.1. The topological polar surface area (TPSA) is 69.6 Å². The van der Waals surface area contributed by atoms with Crippen molar-refractivity contribution < 1.29 is 13.5 Å². The quantitative estimate of drug-likeness (QED) is 0.739. The maximum atomic E-state index is 12.1.